The van der Waals surface area contributed by atoms with Crippen molar-refractivity contribution in [3.05, 3.63) is 63.6 Å². The molecule has 0 saturated carbocycles. The van der Waals surface area contributed by atoms with Crippen LogP contribution >= 0.6 is 0 Å². The smallest absolute Gasteiger partial charge is 0.332 e. The summed E-state index contributed by atoms with van der Waals surface area (Å²) in [5, 5.41) is 10.8. The van der Waals surface area contributed by atoms with Crippen molar-refractivity contribution in [1.29, 1.82) is 0 Å². The van der Waals surface area contributed by atoms with E-state index in [0.717, 1.165) is 10.1 Å². The van der Waals surface area contributed by atoms with Crippen LogP contribution in [0.1, 0.15) is 0 Å². The average Bonchev–Trinajstić information content (AvgIpc) is 3.20. The standard InChI is InChI=1S/C20H19N7O4/c1-25-18-17(19(29)26(2)20(25)30)27(11-21-18)10-16(28)22-15-9-8-13(23-24-15)12-6-4-5-7-14(12)31-3/h4-9,11H,10H2,1-3H3,(H,22,24,28). The topological polar surface area (TPSA) is 126 Å². The highest BCUT2D eigenvalue weighted by molar-refractivity contribution is 5.90. The Morgan fingerprint density at radius 2 is 1.84 bits per heavy atom. The lowest BCUT2D eigenvalue weighted by Crippen LogP contribution is -2.37. The zero-order valence-corrected chi connectivity index (χ0v) is 17.1. The molecule has 31 heavy (non-hydrogen) atoms. The number of nitrogens with one attached hydrogen (secondary N) is 1. The lowest BCUT2D eigenvalue weighted by atomic mass is 10.1. The van der Waals surface area contributed by atoms with E-state index in [-0.39, 0.29) is 23.5 Å². The number of methoxy groups -OCH3 is 1. The van der Waals surface area contributed by atoms with Gasteiger partial charge >= 0.3 is 5.69 Å². The van der Waals surface area contributed by atoms with Crippen molar-refractivity contribution < 1.29 is 9.53 Å². The van der Waals surface area contributed by atoms with Gasteiger partial charge in [-0.2, -0.15) is 0 Å². The van der Waals surface area contributed by atoms with Crippen LogP contribution in [0.15, 0.2) is 52.3 Å². The molecule has 0 aliphatic carbocycles. The number of carbonyl (C=O) groups excluding carboxylic acids is 1. The maximum Gasteiger partial charge on any atom is 0.332 e. The van der Waals surface area contributed by atoms with Crippen molar-refractivity contribution in [1.82, 2.24) is 28.9 Å². The number of imidazole rings is 1. The second-order valence-corrected chi connectivity index (χ2v) is 6.80. The third-order valence-electron chi connectivity index (χ3n) is 4.85. The van der Waals surface area contributed by atoms with Crippen LogP contribution in [0.3, 0.4) is 0 Å². The van der Waals surface area contributed by atoms with Gasteiger partial charge in [0.1, 0.15) is 12.3 Å². The molecule has 158 valence electrons. The molecule has 1 aromatic carbocycles. The molecule has 0 fully saturated rings. The van der Waals surface area contributed by atoms with E-state index in [9.17, 15) is 14.4 Å². The summed E-state index contributed by atoms with van der Waals surface area (Å²) in [7, 11) is 4.46. The predicted molar refractivity (Wildman–Crippen MR) is 113 cm³/mol. The van der Waals surface area contributed by atoms with E-state index in [2.05, 4.69) is 20.5 Å². The molecule has 11 heteroatoms. The summed E-state index contributed by atoms with van der Waals surface area (Å²) < 4.78 is 8.95. The van der Waals surface area contributed by atoms with E-state index in [1.807, 2.05) is 24.3 Å². The van der Waals surface area contributed by atoms with E-state index in [0.29, 0.717) is 11.4 Å². The van der Waals surface area contributed by atoms with Gasteiger partial charge in [0, 0.05) is 19.7 Å². The number of fused-ring (bicyclic) bond motifs is 1. The Labute approximate surface area is 175 Å². The first-order chi connectivity index (χ1) is 14.9. The minimum Gasteiger partial charge on any atom is -0.496 e. The van der Waals surface area contributed by atoms with Crippen molar-refractivity contribution >= 4 is 22.9 Å². The van der Waals surface area contributed by atoms with Gasteiger partial charge in [0.15, 0.2) is 17.0 Å². The van der Waals surface area contributed by atoms with Crippen molar-refractivity contribution in [3.63, 3.8) is 0 Å². The van der Waals surface area contributed by atoms with Crippen LogP contribution in [-0.2, 0) is 25.4 Å². The molecule has 0 radical (unpaired) electrons. The molecule has 0 aliphatic rings. The van der Waals surface area contributed by atoms with Crippen molar-refractivity contribution in [2.45, 2.75) is 6.54 Å². The predicted octanol–water partition coefficient (Wildman–Crippen LogP) is 0.538. The molecule has 0 aliphatic heterocycles. The average molecular weight is 421 g/mol. The maximum atomic E-state index is 12.5. The van der Waals surface area contributed by atoms with Gasteiger partial charge in [-0.15, -0.1) is 10.2 Å². The van der Waals surface area contributed by atoms with Crippen LogP contribution in [0.5, 0.6) is 5.75 Å². The number of aromatic nitrogens is 6. The summed E-state index contributed by atoms with van der Waals surface area (Å²) in [5.74, 6) is 0.500. The Kier molecular flexibility index (Phi) is 5.07. The molecule has 3 aromatic heterocycles. The summed E-state index contributed by atoms with van der Waals surface area (Å²) in [6.45, 7) is -0.181. The third-order valence-corrected chi connectivity index (χ3v) is 4.85. The van der Waals surface area contributed by atoms with E-state index in [1.54, 1.807) is 19.2 Å². The van der Waals surface area contributed by atoms with Crippen molar-refractivity contribution in [3.8, 4) is 17.0 Å². The fourth-order valence-corrected chi connectivity index (χ4v) is 3.25. The van der Waals surface area contributed by atoms with Crippen LogP contribution in [0.4, 0.5) is 5.82 Å². The third kappa shape index (κ3) is 3.56. The zero-order chi connectivity index (χ0) is 22.1. The second-order valence-electron chi connectivity index (χ2n) is 6.80. The summed E-state index contributed by atoms with van der Waals surface area (Å²) >= 11 is 0. The summed E-state index contributed by atoms with van der Waals surface area (Å²) in [6, 6.07) is 10.8. The molecule has 0 bridgehead atoms. The fraction of sp³-hybridized carbons (Fsp3) is 0.200. The fourth-order valence-electron chi connectivity index (χ4n) is 3.25. The van der Waals surface area contributed by atoms with Crippen LogP contribution < -0.4 is 21.3 Å². The minimum absolute atomic E-state index is 0.164. The minimum atomic E-state index is -0.524. The molecular weight excluding hydrogens is 402 g/mol. The Hall–Kier alpha value is -4.28. The highest BCUT2D eigenvalue weighted by Gasteiger charge is 2.16. The van der Waals surface area contributed by atoms with Crippen molar-refractivity contribution in [2.24, 2.45) is 14.1 Å². The van der Waals surface area contributed by atoms with Crippen LogP contribution in [0.2, 0.25) is 0 Å². The number of rotatable bonds is 5. The van der Waals surface area contributed by atoms with Crippen LogP contribution in [0.25, 0.3) is 22.4 Å². The summed E-state index contributed by atoms with van der Waals surface area (Å²) in [6.07, 6.45) is 1.35. The molecule has 0 spiro atoms. The highest BCUT2D eigenvalue weighted by atomic mass is 16.5. The molecule has 11 nitrogen and oxygen atoms in total. The van der Waals surface area contributed by atoms with E-state index in [1.165, 1.54) is 29.6 Å². The van der Waals surface area contributed by atoms with E-state index >= 15 is 0 Å². The molecule has 0 atom stereocenters. The monoisotopic (exact) mass is 421 g/mol. The molecular formula is C20H19N7O4. The largest absolute Gasteiger partial charge is 0.496 e. The van der Waals surface area contributed by atoms with Crippen LogP contribution in [-0.4, -0.2) is 41.9 Å². The van der Waals surface area contributed by atoms with Gasteiger partial charge in [-0.05, 0) is 24.3 Å². The SMILES string of the molecule is COc1ccccc1-c1ccc(NC(=O)Cn2cnc3c2c(=O)n(C)c(=O)n3C)nn1. The number of benzene rings is 1. The number of aryl methyl sites for hydroxylation is 1. The summed E-state index contributed by atoms with van der Waals surface area (Å²) in [5.41, 5.74) is 0.739. The molecule has 4 aromatic rings. The first kappa shape index (κ1) is 20.0. The Bertz CT molecular complexity index is 1400. The van der Waals surface area contributed by atoms with Crippen LogP contribution in [0, 0.1) is 0 Å². The molecule has 0 saturated heterocycles. The maximum absolute atomic E-state index is 12.5. The number of hydrogen-bond donors (Lipinski definition) is 1. The molecule has 1 N–H and O–H groups in total. The number of amides is 1. The summed E-state index contributed by atoms with van der Waals surface area (Å²) in [4.78, 5) is 41.1. The van der Waals surface area contributed by atoms with Gasteiger partial charge in [-0.3, -0.25) is 18.7 Å². The van der Waals surface area contributed by atoms with E-state index < -0.39 is 17.2 Å². The molecule has 1 amide bonds. The van der Waals surface area contributed by atoms with Gasteiger partial charge in [0.2, 0.25) is 5.91 Å². The number of anilines is 1. The van der Waals surface area contributed by atoms with Gasteiger partial charge in [0.25, 0.3) is 5.56 Å². The van der Waals surface area contributed by atoms with Gasteiger partial charge in [-0.25, -0.2) is 9.78 Å². The van der Waals surface area contributed by atoms with Crippen molar-refractivity contribution in [2.75, 3.05) is 12.4 Å². The Balaban J connectivity index is 1.55. The molecule has 3 heterocycles. The Morgan fingerprint density at radius 1 is 1.06 bits per heavy atom. The molecule has 0 unspecified atom stereocenters. The van der Waals surface area contributed by atoms with Gasteiger partial charge in [-0.1, -0.05) is 12.1 Å². The second kappa shape index (κ2) is 7.86. The number of para-hydroxylation sites is 1. The molecule has 4 rings (SSSR count). The Morgan fingerprint density at radius 3 is 2.55 bits per heavy atom. The van der Waals surface area contributed by atoms with Gasteiger partial charge < -0.3 is 14.6 Å². The lowest BCUT2D eigenvalue weighted by Gasteiger charge is -2.09. The number of hydrogen-bond acceptors (Lipinski definition) is 7. The van der Waals surface area contributed by atoms with Gasteiger partial charge in [0.05, 0.1) is 19.1 Å². The number of carbonyl (C=O) groups is 1. The zero-order valence-electron chi connectivity index (χ0n) is 17.1. The highest BCUT2D eigenvalue weighted by Crippen LogP contribution is 2.27. The number of ether oxygens (including phenoxy) is 1. The first-order valence-electron chi connectivity index (χ1n) is 9.28. The normalized spacial score (nSPS) is 10.9. The first-order valence-corrected chi connectivity index (χ1v) is 9.28. The number of nitrogens with zero attached hydrogens (tertiary/aromatic N) is 6. The van der Waals surface area contributed by atoms with E-state index in [4.69, 9.17) is 4.74 Å². The quantitative estimate of drug-likeness (QED) is 0.498. The lowest BCUT2D eigenvalue weighted by molar-refractivity contribution is -0.116.